The fourth-order valence-electron chi connectivity index (χ4n) is 1.96. The van der Waals surface area contributed by atoms with Crippen LogP contribution in [0.2, 0.25) is 0 Å². The molecule has 6 nitrogen and oxygen atoms in total. The lowest BCUT2D eigenvalue weighted by molar-refractivity contribution is -0.118. The first-order valence-electron chi connectivity index (χ1n) is 6.50. The van der Waals surface area contributed by atoms with Gasteiger partial charge in [-0.15, -0.1) is 0 Å². The van der Waals surface area contributed by atoms with E-state index in [4.69, 9.17) is 9.94 Å². The Morgan fingerprint density at radius 2 is 2.15 bits per heavy atom. The molecule has 0 bridgehead atoms. The van der Waals surface area contributed by atoms with Gasteiger partial charge in [-0.1, -0.05) is 6.42 Å². The summed E-state index contributed by atoms with van der Waals surface area (Å²) in [6.45, 7) is 2.21. The molecule has 0 aliphatic heterocycles. The second kappa shape index (κ2) is 8.39. The number of ether oxygens (including phenoxy) is 1. The molecule has 0 saturated carbocycles. The van der Waals surface area contributed by atoms with Crippen LogP contribution in [0.3, 0.4) is 0 Å². The van der Waals surface area contributed by atoms with Crippen LogP contribution in [-0.2, 0) is 9.53 Å². The molecular formula is C14H20N2O4. The molecule has 0 aromatic carbocycles. The van der Waals surface area contributed by atoms with Crippen molar-refractivity contribution in [2.45, 2.75) is 32.1 Å². The number of Topliss-reactive ketones (excluding diaryl/α,β-unsaturated/α-hetero) is 1. The summed E-state index contributed by atoms with van der Waals surface area (Å²) in [5.74, 6) is -0.837. The number of rotatable bonds is 8. The van der Waals surface area contributed by atoms with Gasteiger partial charge in [-0.3, -0.25) is 19.8 Å². The number of carbonyl (C=O) groups is 2. The highest BCUT2D eigenvalue weighted by atomic mass is 16.5. The minimum Gasteiger partial charge on any atom is -0.385 e. The Bertz CT molecular complexity index is 445. The third-order valence-electron chi connectivity index (χ3n) is 3.09. The van der Waals surface area contributed by atoms with Crippen LogP contribution in [0, 0.1) is 0 Å². The van der Waals surface area contributed by atoms with Gasteiger partial charge in [0, 0.05) is 19.9 Å². The van der Waals surface area contributed by atoms with E-state index in [2.05, 4.69) is 4.98 Å². The lowest BCUT2D eigenvalue weighted by Crippen LogP contribution is -2.19. The van der Waals surface area contributed by atoms with Gasteiger partial charge in [-0.25, -0.2) is 5.48 Å². The molecule has 6 heteroatoms. The third-order valence-corrected chi connectivity index (χ3v) is 3.09. The van der Waals surface area contributed by atoms with E-state index >= 15 is 0 Å². The summed E-state index contributed by atoms with van der Waals surface area (Å²) in [5.41, 5.74) is 2.43. The average molecular weight is 280 g/mol. The number of hydrogen-bond acceptors (Lipinski definition) is 5. The van der Waals surface area contributed by atoms with E-state index in [0.717, 1.165) is 12.8 Å². The highest BCUT2D eigenvalue weighted by Crippen LogP contribution is 2.21. The van der Waals surface area contributed by atoms with Crippen LogP contribution in [0.25, 0.3) is 0 Å². The quantitative estimate of drug-likeness (QED) is 0.430. The zero-order chi connectivity index (χ0) is 15.0. The number of nitrogens with one attached hydrogen (secondary N) is 1. The van der Waals surface area contributed by atoms with Gasteiger partial charge in [0.25, 0.3) is 5.91 Å². The summed E-state index contributed by atoms with van der Waals surface area (Å²) in [7, 11) is 1.65. The van der Waals surface area contributed by atoms with Gasteiger partial charge < -0.3 is 4.74 Å². The second-order valence-electron chi connectivity index (χ2n) is 4.56. The SMILES string of the molecule is COCCCCC(C(C)=O)c1ccc(C(=O)NO)cn1. The van der Waals surface area contributed by atoms with Gasteiger partial charge >= 0.3 is 0 Å². The van der Waals surface area contributed by atoms with Crippen LogP contribution in [0.15, 0.2) is 18.3 Å². The summed E-state index contributed by atoms with van der Waals surface area (Å²) in [6.07, 6.45) is 3.83. The first kappa shape index (κ1) is 16.3. The molecule has 0 spiro atoms. The summed E-state index contributed by atoms with van der Waals surface area (Å²) < 4.78 is 4.98. The van der Waals surface area contributed by atoms with E-state index in [1.54, 1.807) is 24.7 Å². The van der Waals surface area contributed by atoms with Crippen molar-refractivity contribution in [2.75, 3.05) is 13.7 Å². The Labute approximate surface area is 118 Å². The van der Waals surface area contributed by atoms with Crippen molar-refractivity contribution >= 4 is 11.7 Å². The number of nitrogens with zero attached hydrogens (tertiary/aromatic N) is 1. The molecule has 2 N–H and O–H groups in total. The first-order valence-corrected chi connectivity index (χ1v) is 6.50. The van der Waals surface area contributed by atoms with Crippen molar-refractivity contribution in [2.24, 2.45) is 0 Å². The maximum absolute atomic E-state index is 11.7. The van der Waals surface area contributed by atoms with E-state index < -0.39 is 5.91 Å². The third kappa shape index (κ3) is 4.71. The van der Waals surface area contributed by atoms with Crippen LogP contribution in [0.4, 0.5) is 0 Å². The van der Waals surface area contributed by atoms with Gasteiger partial charge in [0.15, 0.2) is 0 Å². The minimum atomic E-state index is -0.622. The number of carbonyl (C=O) groups excluding carboxylic acids is 2. The highest BCUT2D eigenvalue weighted by Gasteiger charge is 2.18. The minimum absolute atomic E-state index is 0.0503. The first-order chi connectivity index (χ1) is 9.60. The molecule has 0 aliphatic carbocycles. The summed E-state index contributed by atoms with van der Waals surface area (Å²) in [6, 6.07) is 3.19. The second-order valence-corrected chi connectivity index (χ2v) is 4.56. The van der Waals surface area contributed by atoms with E-state index in [1.807, 2.05) is 0 Å². The molecule has 1 aromatic rings. The Kier molecular flexibility index (Phi) is 6.83. The number of amides is 1. The average Bonchev–Trinajstić information content (AvgIpc) is 2.46. The van der Waals surface area contributed by atoms with Crippen LogP contribution in [0.5, 0.6) is 0 Å². The molecule has 1 atom stereocenters. The van der Waals surface area contributed by atoms with E-state index in [-0.39, 0.29) is 17.3 Å². The van der Waals surface area contributed by atoms with Crippen LogP contribution >= 0.6 is 0 Å². The molecular weight excluding hydrogens is 260 g/mol. The van der Waals surface area contributed by atoms with Crippen LogP contribution in [0.1, 0.15) is 48.2 Å². The summed E-state index contributed by atoms with van der Waals surface area (Å²) in [5, 5.41) is 8.53. The predicted molar refractivity (Wildman–Crippen MR) is 72.6 cm³/mol. The predicted octanol–water partition coefficient (Wildman–Crippen LogP) is 1.69. The number of ketones is 1. The number of hydrogen-bond donors (Lipinski definition) is 2. The maximum Gasteiger partial charge on any atom is 0.276 e. The monoisotopic (exact) mass is 280 g/mol. The molecule has 1 heterocycles. The molecule has 0 fully saturated rings. The van der Waals surface area contributed by atoms with Crippen molar-refractivity contribution < 1.29 is 19.5 Å². The summed E-state index contributed by atoms with van der Waals surface area (Å²) in [4.78, 5) is 27.0. The Morgan fingerprint density at radius 1 is 1.40 bits per heavy atom. The molecule has 20 heavy (non-hydrogen) atoms. The molecule has 0 saturated heterocycles. The molecule has 0 radical (unpaired) electrons. The lowest BCUT2D eigenvalue weighted by atomic mass is 9.94. The van der Waals surface area contributed by atoms with Crippen molar-refractivity contribution in [3.05, 3.63) is 29.6 Å². The number of methoxy groups -OCH3 is 1. The van der Waals surface area contributed by atoms with E-state index in [0.29, 0.717) is 18.7 Å². The van der Waals surface area contributed by atoms with Crippen LogP contribution < -0.4 is 5.48 Å². The molecule has 1 rings (SSSR count). The Hall–Kier alpha value is -1.79. The smallest absolute Gasteiger partial charge is 0.276 e. The Balaban J connectivity index is 2.71. The summed E-state index contributed by atoms with van der Waals surface area (Å²) >= 11 is 0. The van der Waals surface area contributed by atoms with Gasteiger partial charge in [0.05, 0.1) is 17.2 Å². The highest BCUT2D eigenvalue weighted by molar-refractivity contribution is 5.93. The van der Waals surface area contributed by atoms with Crippen LogP contribution in [-0.4, -0.2) is 35.6 Å². The van der Waals surface area contributed by atoms with E-state index in [1.165, 1.54) is 13.1 Å². The Morgan fingerprint density at radius 3 is 2.65 bits per heavy atom. The van der Waals surface area contributed by atoms with Crippen molar-refractivity contribution in [3.8, 4) is 0 Å². The normalized spacial score (nSPS) is 11.9. The lowest BCUT2D eigenvalue weighted by Gasteiger charge is -2.13. The zero-order valence-corrected chi connectivity index (χ0v) is 11.8. The molecule has 110 valence electrons. The zero-order valence-electron chi connectivity index (χ0n) is 11.8. The maximum atomic E-state index is 11.7. The number of aromatic nitrogens is 1. The van der Waals surface area contributed by atoms with Crippen molar-refractivity contribution in [1.82, 2.24) is 10.5 Å². The van der Waals surface area contributed by atoms with Gasteiger partial charge in [0.1, 0.15) is 5.78 Å². The van der Waals surface area contributed by atoms with Crippen molar-refractivity contribution in [1.29, 1.82) is 0 Å². The fourth-order valence-corrected chi connectivity index (χ4v) is 1.96. The fraction of sp³-hybridized carbons (Fsp3) is 0.500. The number of unbranched alkanes of at least 4 members (excludes halogenated alkanes) is 1. The molecule has 1 aromatic heterocycles. The standard InChI is InChI=1S/C14H20N2O4/c1-10(17)12(5-3-4-8-20-2)13-7-6-11(9-15-13)14(18)16-19/h6-7,9,12,19H,3-5,8H2,1-2H3,(H,16,18). The van der Waals surface area contributed by atoms with Gasteiger partial charge in [-0.2, -0.15) is 0 Å². The number of pyridine rings is 1. The molecule has 1 unspecified atom stereocenters. The molecule has 0 aliphatic rings. The number of hydroxylamine groups is 1. The molecule has 1 amide bonds. The van der Waals surface area contributed by atoms with Crippen molar-refractivity contribution in [3.63, 3.8) is 0 Å². The topological polar surface area (TPSA) is 88.5 Å². The van der Waals surface area contributed by atoms with Gasteiger partial charge in [0.2, 0.25) is 0 Å². The largest absolute Gasteiger partial charge is 0.385 e. The van der Waals surface area contributed by atoms with E-state index in [9.17, 15) is 9.59 Å². The van der Waals surface area contributed by atoms with Gasteiger partial charge in [-0.05, 0) is 31.9 Å².